The second kappa shape index (κ2) is 6.56. The van der Waals surface area contributed by atoms with Gasteiger partial charge in [0, 0.05) is 18.6 Å². The molecule has 1 saturated heterocycles. The predicted molar refractivity (Wildman–Crippen MR) is 66.6 cm³/mol. The van der Waals surface area contributed by atoms with Gasteiger partial charge in [-0.25, -0.2) is 0 Å². The summed E-state index contributed by atoms with van der Waals surface area (Å²) in [7, 11) is 0. The maximum absolute atomic E-state index is 5.71. The van der Waals surface area contributed by atoms with Crippen molar-refractivity contribution in [3.63, 3.8) is 0 Å². The first kappa shape index (κ1) is 13.1. The van der Waals surface area contributed by atoms with Crippen molar-refractivity contribution in [2.45, 2.75) is 26.2 Å². The van der Waals surface area contributed by atoms with E-state index in [4.69, 9.17) is 9.47 Å². The molecular weight excluding hydrogens is 208 g/mol. The van der Waals surface area contributed by atoms with Crippen LogP contribution in [-0.2, 0) is 9.47 Å². The maximum atomic E-state index is 5.71. The number of hydrogen-bond donors (Lipinski definition) is 1. The first-order valence-corrected chi connectivity index (χ1v) is 6.22. The van der Waals surface area contributed by atoms with E-state index < -0.39 is 0 Å². The lowest BCUT2D eigenvalue weighted by Gasteiger charge is -2.35. The molecule has 0 N–H and O–H groups in total. The van der Waals surface area contributed by atoms with E-state index >= 15 is 0 Å². The Kier molecular flexibility index (Phi) is 5.72. The molecule has 88 valence electrons. The molecule has 15 heavy (non-hydrogen) atoms. The number of thiol groups is 1. The minimum Gasteiger partial charge on any atom is -0.381 e. The van der Waals surface area contributed by atoms with Crippen LogP contribution >= 0.6 is 12.6 Å². The van der Waals surface area contributed by atoms with Gasteiger partial charge in [0.2, 0.25) is 0 Å². The van der Waals surface area contributed by atoms with Gasteiger partial charge in [0.1, 0.15) is 0 Å². The van der Waals surface area contributed by atoms with Crippen LogP contribution < -0.4 is 0 Å². The first-order valence-electron chi connectivity index (χ1n) is 5.59. The van der Waals surface area contributed by atoms with Crippen molar-refractivity contribution >= 4 is 12.6 Å². The molecule has 3 heteroatoms. The second-order valence-corrected chi connectivity index (χ2v) is 4.85. The van der Waals surface area contributed by atoms with E-state index in [1.165, 1.54) is 5.57 Å². The van der Waals surface area contributed by atoms with Crippen molar-refractivity contribution in [2.24, 2.45) is 5.41 Å². The molecule has 0 unspecified atom stereocenters. The normalized spacial score (nSPS) is 20.1. The van der Waals surface area contributed by atoms with Crippen LogP contribution in [0.5, 0.6) is 0 Å². The fraction of sp³-hybridized carbons (Fsp3) is 0.833. The Bertz CT molecular complexity index is 198. The zero-order valence-corrected chi connectivity index (χ0v) is 10.5. The first-order chi connectivity index (χ1) is 7.18. The molecule has 0 bridgehead atoms. The van der Waals surface area contributed by atoms with Gasteiger partial charge in [0.25, 0.3) is 0 Å². The zero-order valence-electron chi connectivity index (χ0n) is 9.63. The van der Waals surface area contributed by atoms with Crippen molar-refractivity contribution in [3.8, 4) is 0 Å². The third-order valence-corrected chi connectivity index (χ3v) is 3.64. The Morgan fingerprint density at radius 1 is 1.47 bits per heavy atom. The smallest absolute Gasteiger partial charge is 0.0532 e. The highest BCUT2D eigenvalue weighted by Crippen LogP contribution is 2.32. The van der Waals surface area contributed by atoms with Crippen LogP contribution in [0.4, 0.5) is 0 Å². The van der Waals surface area contributed by atoms with Crippen LogP contribution in [0.15, 0.2) is 12.2 Å². The lowest BCUT2D eigenvalue weighted by Crippen LogP contribution is -2.35. The maximum Gasteiger partial charge on any atom is 0.0532 e. The van der Waals surface area contributed by atoms with Crippen LogP contribution in [0.2, 0.25) is 0 Å². The van der Waals surface area contributed by atoms with Crippen molar-refractivity contribution in [2.75, 3.05) is 32.2 Å². The standard InChI is InChI=1S/C12H22O2S/c1-11(2)3-6-14-9-12(10-15)4-7-13-8-5-12/h15H,1,3-10H2,2H3. The monoisotopic (exact) mass is 230 g/mol. The Morgan fingerprint density at radius 3 is 2.67 bits per heavy atom. The van der Waals surface area contributed by atoms with E-state index in [1.807, 2.05) is 6.92 Å². The summed E-state index contributed by atoms with van der Waals surface area (Å²) in [5.41, 5.74) is 1.43. The molecule has 0 atom stereocenters. The van der Waals surface area contributed by atoms with Gasteiger partial charge < -0.3 is 9.47 Å². The Labute approximate surface area is 98.4 Å². The molecule has 1 heterocycles. The highest BCUT2D eigenvalue weighted by atomic mass is 32.1. The van der Waals surface area contributed by atoms with E-state index in [9.17, 15) is 0 Å². The molecule has 0 spiro atoms. The quantitative estimate of drug-likeness (QED) is 0.430. The Hall–Kier alpha value is 0.01000. The van der Waals surface area contributed by atoms with Crippen LogP contribution in [-0.4, -0.2) is 32.2 Å². The number of rotatable bonds is 6. The number of hydrogen-bond acceptors (Lipinski definition) is 3. The minimum atomic E-state index is 0.246. The fourth-order valence-corrected chi connectivity index (χ4v) is 2.10. The summed E-state index contributed by atoms with van der Waals surface area (Å²) in [5, 5.41) is 0. The zero-order chi connectivity index (χ0) is 11.1. The molecular formula is C12H22O2S. The van der Waals surface area contributed by atoms with Gasteiger partial charge in [-0.15, -0.1) is 6.58 Å². The van der Waals surface area contributed by atoms with Crippen molar-refractivity contribution in [1.82, 2.24) is 0 Å². The molecule has 0 aromatic carbocycles. The topological polar surface area (TPSA) is 18.5 Å². The van der Waals surface area contributed by atoms with Gasteiger partial charge in [-0.05, 0) is 31.9 Å². The molecule has 0 aliphatic carbocycles. The van der Waals surface area contributed by atoms with Crippen LogP contribution in [0.3, 0.4) is 0 Å². The molecule has 1 fully saturated rings. The van der Waals surface area contributed by atoms with Gasteiger partial charge in [0.15, 0.2) is 0 Å². The van der Waals surface area contributed by atoms with E-state index in [1.54, 1.807) is 0 Å². The Balaban J connectivity index is 2.23. The molecule has 1 aliphatic rings. The third-order valence-electron chi connectivity index (χ3n) is 2.97. The van der Waals surface area contributed by atoms with Gasteiger partial charge in [0.05, 0.1) is 13.2 Å². The van der Waals surface area contributed by atoms with Gasteiger partial charge in [-0.1, -0.05) is 5.57 Å². The van der Waals surface area contributed by atoms with Gasteiger partial charge in [-0.3, -0.25) is 0 Å². The van der Waals surface area contributed by atoms with Crippen LogP contribution in [0, 0.1) is 5.41 Å². The fourth-order valence-electron chi connectivity index (χ4n) is 1.69. The highest BCUT2D eigenvalue weighted by Gasteiger charge is 2.31. The summed E-state index contributed by atoms with van der Waals surface area (Å²) >= 11 is 4.44. The van der Waals surface area contributed by atoms with Gasteiger partial charge in [-0.2, -0.15) is 12.6 Å². The highest BCUT2D eigenvalue weighted by molar-refractivity contribution is 7.80. The average molecular weight is 230 g/mol. The lowest BCUT2D eigenvalue weighted by atomic mass is 9.83. The summed E-state index contributed by atoms with van der Waals surface area (Å²) in [6.07, 6.45) is 3.10. The third kappa shape index (κ3) is 4.58. The van der Waals surface area contributed by atoms with E-state index in [0.29, 0.717) is 0 Å². The summed E-state index contributed by atoms with van der Waals surface area (Å²) in [5.74, 6) is 0.892. The molecule has 1 rings (SSSR count). The van der Waals surface area contributed by atoms with Gasteiger partial charge >= 0.3 is 0 Å². The average Bonchev–Trinajstić information content (AvgIpc) is 2.26. The van der Waals surface area contributed by atoms with Crippen LogP contribution in [0.25, 0.3) is 0 Å². The van der Waals surface area contributed by atoms with Crippen LogP contribution in [0.1, 0.15) is 26.2 Å². The summed E-state index contributed by atoms with van der Waals surface area (Å²) in [6.45, 7) is 9.20. The molecule has 0 aromatic rings. The second-order valence-electron chi connectivity index (χ2n) is 4.53. The summed E-state index contributed by atoms with van der Waals surface area (Å²) in [4.78, 5) is 0. The molecule has 0 radical (unpaired) electrons. The number of ether oxygens (including phenoxy) is 2. The molecule has 0 aromatic heterocycles. The molecule has 0 amide bonds. The molecule has 2 nitrogen and oxygen atoms in total. The summed E-state index contributed by atoms with van der Waals surface area (Å²) in [6, 6.07) is 0. The largest absolute Gasteiger partial charge is 0.381 e. The van der Waals surface area contributed by atoms with E-state index in [2.05, 4.69) is 19.2 Å². The van der Waals surface area contributed by atoms with Crippen molar-refractivity contribution < 1.29 is 9.47 Å². The van der Waals surface area contributed by atoms with Crippen molar-refractivity contribution in [1.29, 1.82) is 0 Å². The lowest BCUT2D eigenvalue weighted by molar-refractivity contribution is -0.0263. The predicted octanol–water partition coefficient (Wildman–Crippen LogP) is 2.70. The minimum absolute atomic E-state index is 0.246. The Morgan fingerprint density at radius 2 is 2.13 bits per heavy atom. The van der Waals surface area contributed by atoms with E-state index in [-0.39, 0.29) is 5.41 Å². The molecule has 0 saturated carbocycles. The van der Waals surface area contributed by atoms with Crippen molar-refractivity contribution in [3.05, 3.63) is 12.2 Å². The molecule has 1 aliphatic heterocycles. The SMILES string of the molecule is C=C(C)CCOCC1(CS)CCOCC1. The van der Waals surface area contributed by atoms with E-state index in [0.717, 1.165) is 51.4 Å². The summed E-state index contributed by atoms with van der Waals surface area (Å²) < 4.78 is 11.1.